The number of carbonyl (C=O) groups excluding carboxylic acids is 7. The van der Waals surface area contributed by atoms with Crippen molar-refractivity contribution in [3.8, 4) is 0 Å². The molecule has 0 aliphatic carbocycles. The lowest BCUT2D eigenvalue weighted by atomic mass is 10.0. The number of unbranched alkanes of at least 4 members (excludes halogenated alkanes) is 1. The van der Waals surface area contributed by atoms with E-state index in [0.29, 0.717) is 11.1 Å². The molecule has 3 aromatic carbocycles. The van der Waals surface area contributed by atoms with Crippen LogP contribution in [0.25, 0.3) is 10.9 Å². The topological polar surface area (TPSA) is 289 Å². The maximum atomic E-state index is 14.2. The number of carbonyl (C=O) groups is 8. The Morgan fingerprint density at radius 3 is 2.03 bits per heavy atom. The van der Waals surface area contributed by atoms with Crippen molar-refractivity contribution in [3.05, 3.63) is 102 Å². The van der Waals surface area contributed by atoms with Crippen molar-refractivity contribution >= 4 is 64.3 Å². The number of hydrogen-bond donors (Lipinski definition) is 9. The summed E-state index contributed by atoms with van der Waals surface area (Å²) in [4.78, 5) is 107. The fraction of sp³-hybridized carbons (Fsp3) is 0.364. The molecule has 336 valence electrons. The highest BCUT2D eigenvalue weighted by Crippen LogP contribution is 2.20. The molecule has 4 atom stereocenters. The number of primary amides is 1. The van der Waals surface area contributed by atoms with E-state index in [1.165, 1.54) is 19.2 Å². The number of amides is 7. The number of H-pyrrole nitrogens is 1. The van der Waals surface area contributed by atoms with Crippen LogP contribution in [0.15, 0.2) is 85.1 Å². The van der Waals surface area contributed by atoms with Gasteiger partial charge in [-0.25, -0.2) is 14.4 Å². The summed E-state index contributed by atoms with van der Waals surface area (Å²) in [5, 5.41) is 25.9. The molecule has 0 radical (unpaired) electrons. The molecule has 63 heavy (non-hydrogen) atoms. The van der Waals surface area contributed by atoms with Crippen LogP contribution >= 0.6 is 0 Å². The number of nitrogens with one attached hydrogen (secondary N) is 7. The molecule has 0 unspecified atom stereocenters. The molecule has 7 amide bonds. The molecule has 0 spiro atoms. The highest BCUT2D eigenvalue weighted by Gasteiger charge is 2.33. The summed E-state index contributed by atoms with van der Waals surface area (Å²) in [6.07, 6.45) is 0.214. The van der Waals surface area contributed by atoms with Gasteiger partial charge in [-0.2, -0.15) is 0 Å². The zero-order valence-electron chi connectivity index (χ0n) is 35.4. The number of esters is 1. The average molecular weight is 871 g/mol. The minimum Gasteiger partial charge on any atom is -0.481 e. The lowest BCUT2D eigenvalue weighted by Crippen LogP contribution is -2.59. The second kappa shape index (κ2) is 23.0. The van der Waals surface area contributed by atoms with Gasteiger partial charge in [0, 0.05) is 36.5 Å². The van der Waals surface area contributed by atoms with Crippen molar-refractivity contribution in [1.82, 2.24) is 31.6 Å². The fourth-order valence-corrected chi connectivity index (χ4v) is 6.44. The van der Waals surface area contributed by atoms with Gasteiger partial charge in [0.15, 0.2) is 0 Å². The monoisotopic (exact) mass is 870 g/mol. The summed E-state index contributed by atoms with van der Waals surface area (Å²) >= 11 is 0. The van der Waals surface area contributed by atoms with E-state index in [1.807, 2.05) is 24.3 Å². The molecule has 10 N–H and O–H groups in total. The molecule has 0 saturated carbocycles. The third-order valence-electron chi connectivity index (χ3n) is 9.48. The molecule has 0 aliphatic heterocycles. The molecular formula is C44H54N8O11. The van der Waals surface area contributed by atoms with E-state index in [2.05, 4.69) is 36.9 Å². The third-order valence-corrected chi connectivity index (χ3v) is 9.48. The van der Waals surface area contributed by atoms with Gasteiger partial charge in [0.2, 0.25) is 23.6 Å². The van der Waals surface area contributed by atoms with Crippen LogP contribution in [-0.2, 0) is 46.3 Å². The Hall–Kier alpha value is -7.44. The molecule has 0 saturated heterocycles. The number of aliphatic carboxylic acids is 1. The molecule has 1 aromatic heterocycles. The summed E-state index contributed by atoms with van der Waals surface area (Å²) in [6, 6.07) is 15.9. The smallest absolute Gasteiger partial charge is 0.408 e. The van der Waals surface area contributed by atoms with Crippen LogP contribution in [0.5, 0.6) is 0 Å². The number of carboxylic acids is 1. The Bertz CT molecular complexity index is 2260. The van der Waals surface area contributed by atoms with Crippen LogP contribution in [-0.4, -0.2) is 101 Å². The second-order valence-corrected chi connectivity index (χ2v) is 15.5. The number of fused-ring (bicyclic) bond motifs is 1. The molecule has 0 fully saturated rings. The first-order chi connectivity index (χ1) is 29.9. The highest BCUT2D eigenvalue weighted by molar-refractivity contribution is 6.01. The number of ether oxygens (including phenoxy) is 2. The first kappa shape index (κ1) is 48.2. The normalized spacial score (nSPS) is 13.0. The molecule has 1 heterocycles. The summed E-state index contributed by atoms with van der Waals surface area (Å²) < 4.78 is 10.2. The Kier molecular flexibility index (Phi) is 17.6. The van der Waals surface area contributed by atoms with Crippen molar-refractivity contribution in [2.45, 2.75) is 89.1 Å². The number of anilines is 1. The fourth-order valence-electron chi connectivity index (χ4n) is 6.44. The summed E-state index contributed by atoms with van der Waals surface area (Å²) in [6.45, 7) is 5.03. The van der Waals surface area contributed by atoms with Gasteiger partial charge in [-0.3, -0.25) is 24.0 Å². The van der Waals surface area contributed by atoms with Gasteiger partial charge in [0.05, 0.1) is 24.8 Å². The molecular weight excluding hydrogens is 817 g/mol. The van der Waals surface area contributed by atoms with Crippen LogP contribution in [0.1, 0.15) is 67.9 Å². The van der Waals surface area contributed by atoms with E-state index >= 15 is 0 Å². The third kappa shape index (κ3) is 15.5. The van der Waals surface area contributed by atoms with E-state index in [-0.39, 0.29) is 49.9 Å². The van der Waals surface area contributed by atoms with Crippen molar-refractivity contribution < 1.29 is 52.9 Å². The first-order valence-corrected chi connectivity index (χ1v) is 20.2. The minimum atomic E-state index is -1.72. The second-order valence-electron chi connectivity index (χ2n) is 15.5. The predicted octanol–water partition coefficient (Wildman–Crippen LogP) is 3.04. The number of aromatic amines is 1. The van der Waals surface area contributed by atoms with Crippen LogP contribution in [0.4, 0.5) is 15.3 Å². The Labute approximate surface area is 363 Å². The van der Waals surface area contributed by atoms with Gasteiger partial charge in [0.1, 0.15) is 29.8 Å². The van der Waals surface area contributed by atoms with Gasteiger partial charge < -0.3 is 57.2 Å². The number of benzene rings is 3. The average Bonchev–Trinajstić information content (AvgIpc) is 3.64. The SMILES string of the molecule is COC(=O)c1ccccc1NC(=O)NCCCC[C@H](NC(=O)[C@H](Cc1c[nH]c2ccccc12)NC(=O)OC(C)(C)C)C(=O)N[C@@H](CC(=O)O)C(=O)N[C@@H](Cc1ccccc1)C(N)=O. The number of alkyl carbamates (subject to hydrolysis) is 1. The molecule has 19 nitrogen and oxygen atoms in total. The molecule has 0 bridgehead atoms. The van der Waals surface area contributed by atoms with Gasteiger partial charge in [-0.15, -0.1) is 0 Å². The number of nitrogens with two attached hydrogens (primary N) is 1. The molecule has 4 aromatic rings. The number of para-hydroxylation sites is 2. The maximum absolute atomic E-state index is 14.2. The molecule has 4 rings (SSSR count). The number of methoxy groups -OCH3 is 1. The van der Waals surface area contributed by atoms with Gasteiger partial charge in [0.25, 0.3) is 0 Å². The van der Waals surface area contributed by atoms with E-state index in [1.54, 1.807) is 69.4 Å². The van der Waals surface area contributed by atoms with Crippen LogP contribution in [0.2, 0.25) is 0 Å². The van der Waals surface area contributed by atoms with Gasteiger partial charge >= 0.3 is 24.1 Å². The summed E-state index contributed by atoms with van der Waals surface area (Å²) in [7, 11) is 1.21. The van der Waals surface area contributed by atoms with Crippen LogP contribution < -0.4 is 37.6 Å². The lowest BCUT2D eigenvalue weighted by Gasteiger charge is -2.27. The molecule has 0 aliphatic rings. The van der Waals surface area contributed by atoms with E-state index in [4.69, 9.17) is 15.2 Å². The number of hydrogen-bond acceptors (Lipinski definition) is 10. The molecule has 19 heteroatoms. The van der Waals surface area contributed by atoms with Crippen molar-refractivity contribution in [3.63, 3.8) is 0 Å². The zero-order chi connectivity index (χ0) is 46.1. The van der Waals surface area contributed by atoms with Crippen molar-refractivity contribution in [2.75, 3.05) is 19.0 Å². The van der Waals surface area contributed by atoms with E-state index in [0.717, 1.165) is 10.9 Å². The largest absolute Gasteiger partial charge is 0.481 e. The lowest BCUT2D eigenvalue weighted by molar-refractivity contribution is -0.141. The van der Waals surface area contributed by atoms with Crippen molar-refractivity contribution in [2.24, 2.45) is 5.73 Å². The first-order valence-electron chi connectivity index (χ1n) is 20.2. The maximum Gasteiger partial charge on any atom is 0.408 e. The predicted molar refractivity (Wildman–Crippen MR) is 231 cm³/mol. The van der Waals surface area contributed by atoms with E-state index in [9.17, 15) is 43.5 Å². The number of rotatable bonds is 21. The van der Waals surface area contributed by atoms with Crippen molar-refractivity contribution in [1.29, 1.82) is 0 Å². The zero-order valence-corrected chi connectivity index (χ0v) is 35.4. The Morgan fingerprint density at radius 1 is 0.730 bits per heavy atom. The number of urea groups is 1. The van der Waals surface area contributed by atoms with Crippen LogP contribution in [0, 0.1) is 0 Å². The highest BCUT2D eigenvalue weighted by atomic mass is 16.6. The van der Waals surface area contributed by atoms with Gasteiger partial charge in [-0.05, 0) is 69.4 Å². The van der Waals surface area contributed by atoms with Gasteiger partial charge in [-0.1, -0.05) is 60.7 Å². The Morgan fingerprint density at radius 2 is 1.35 bits per heavy atom. The standard InChI is InChI=1S/C44H54N8O11/c1-44(2,3)63-43(61)52-34(23-27-25-47-30-18-10-8-16-28(27)30)39(57)48-32(20-12-13-21-46-42(60)51-31-19-11-9-17-29(31)41(59)62-4)38(56)50-35(24-36(53)54)40(58)49-33(37(45)55)22-26-14-6-5-7-15-26/h5-11,14-19,25,32-35,47H,12-13,20-24H2,1-4H3,(H2,45,55)(H,48,57)(H,49,58)(H,50,56)(H,52,61)(H,53,54)(H2,46,51,60)/t32-,33-,34-,35-/m0/s1. The van der Waals surface area contributed by atoms with Crippen LogP contribution in [0.3, 0.4) is 0 Å². The quantitative estimate of drug-likeness (QED) is 0.0433. The Balaban J connectivity index is 1.54. The van der Waals surface area contributed by atoms with E-state index < -0.39 is 83.9 Å². The number of carboxylic acid groups (broad SMARTS) is 1. The number of aromatic nitrogens is 1. The minimum absolute atomic E-state index is 0.0132. The summed E-state index contributed by atoms with van der Waals surface area (Å²) in [5.74, 6) is -5.76. The summed E-state index contributed by atoms with van der Waals surface area (Å²) in [5.41, 5.74) is 7.12.